The van der Waals surface area contributed by atoms with E-state index in [1.54, 1.807) is 13.8 Å². The normalized spacial score (nSPS) is 28.6. The Morgan fingerprint density at radius 1 is 1.41 bits per heavy atom. The zero-order valence-electron chi connectivity index (χ0n) is 11.1. The predicted molar refractivity (Wildman–Crippen MR) is 63.6 cm³/mol. The van der Waals surface area contributed by atoms with Crippen molar-refractivity contribution in [2.75, 3.05) is 0 Å². The molecule has 2 unspecified atom stereocenters. The zero-order chi connectivity index (χ0) is 12.6. The molecule has 0 radical (unpaired) electrons. The molecule has 1 aliphatic heterocycles. The van der Waals surface area contributed by atoms with Crippen molar-refractivity contribution in [3.05, 3.63) is 0 Å². The molecule has 104 valence electrons. The first-order valence-electron chi connectivity index (χ1n) is 5.53. The van der Waals surface area contributed by atoms with E-state index in [9.17, 15) is 13.0 Å². The first-order chi connectivity index (χ1) is 7.18. The van der Waals surface area contributed by atoms with Crippen LogP contribution in [0.25, 0.3) is 0 Å². The lowest BCUT2D eigenvalue weighted by molar-refractivity contribution is 0.00827. The molecule has 0 aliphatic carbocycles. The van der Waals surface area contributed by atoms with Crippen LogP contribution in [0, 0.1) is 0 Å². The molecule has 0 aromatic heterocycles. The maximum absolute atomic E-state index is 10.7. The summed E-state index contributed by atoms with van der Waals surface area (Å²) in [5.41, 5.74) is -1.74. The standard InChI is InChI=1S/C10H20O5S.H3N/c1-5-7-10(8(6-2)14-10)9(3,4)15-16(11,12)13;/h8H,5-7H2,1-4H3,(H,11,12,13);1H3. The van der Waals surface area contributed by atoms with Gasteiger partial charge in [-0.2, -0.15) is 0 Å². The van der Waals surface area contributed by atoms with Gasteiger partial charge in [0.15, 0.2) is 0 Å². The van der Waals surface area contributed by atoms with Gasteiger partial charge in [0.2, 0.25) is 10.4 Å². The summed E-state index contributed by atoms with van der Waals surface area (Å²) in [6, 6.07) is 0. The third-order valence-electron chi connectivity index (χ3n) is 3.14. The van der Waals surface area contributed by atoms with E-state index < -0.39 is 21.6 Å². The van der Waals surface area contributed by atoms with Crippen molar-refractivity contribution in [2.24, 2.45) is 0 Å². The Hall–Kier alpha value is -0.210. The molecule has 1 aliphatic rings. The summed E-state index contributed by atoms with van der Waals surface area (Å²) in [5.74, 6) is 0. The van der Waals surface area contributed by atoms with Crippen LogP contribution in [-0.2, 0) is 19.3 Å². The molecule has 4 N–H and O–H groups in total. The Morgan fingerprint density at radius 2 is 1.94 bits per heavy atom. The Kier molecular flexibility index (Phi) is 5.13. The molecule has 0 bridgehead atoms. The van der Waals surface area contributed by atoms with E-state index in [1.165, 1.54) is 0 Å². The summed E-state index contributed by atoms with van der Waals surface area (Å²) in [5, 5.41) is 0. The van der Waals surface area contributed by atoms with Crippen molar-refractivity contribution in [1.29, 1.82) is 0 Å². The molecule has 0 spiro atoms. The van der Waals surface area contributed by atoms with Crippen molar-refractivity contribution < 1.29 is 21.9 Å². The fraction of sp³-hybridized carbons (Fsp3) is 1.00. The third-order valence-corrected chi connectivity index (χ3v) is 3.76. The van der Waals surface area contributed by atoms with Crippen molar-refractivity contribution in [3.63, 3.8) is 0 Å². The van der Waals surface area contributed by atoms with Gasteiger partial charge >= 0.3 is 0 Å². The molecule has 6 nitrogen and oxygen atoms in total. The second kappa shape index (κ2) is 5.19. The topological polar surface area (TPSA) is 115 Å². The van der Waals surface area contributed by atoms with Crippen LogP contribution in [-0.4, -0.2) is 30.3 Å². The maximum atomic E-state index is 10.7. The fourth-order valence-electron chi connectivity index (χ4n) is 2.38. The summed E-state index contributed by atoms with van der Waals surface area (Å²) < 4.78 is 42.3. The molecule has 0 amide bonds. The van der Waals surface area contributed by atoms with Crippen LogP contribution in [0.1, 0.15) is 47.0 Å². The molecule has 1 saturated heterocycles. The van der Waals surface area contributed by atoms with E-state index in [1.807, 2.05) is 13.8 Å². The summed E-state index contributed by atoms with van der Waals surface area (Å²) in [6.45, 7) is 7.13. The molecule has 0 aromatic carbocycles. The van der Waals surface area contributed by atoms with E-state index in [4.69, 9.17) is 4.74 Å². The number of hydrogen-bond acceptors (Lipinski definition) is 5. The molecular formula is C10H23NO5S. The van der Waals surface area contributed by atoms with Crippen LogP contribution < -0.4 is 6.15 Å². The van der Waals surface area contributed by atoms with Gasteiger partial charge in [0.05, 0.1) is 6.10 Å². The van der Waals surface area contributed by atoms with Crippen LogP contribution in [0.4, 0.5) is 0 Å². The monoisotopic (exact) mass is 269 g/mol. The molecule has 1 heterocycles. The van der Waals surface area contributed by atoms with Gasteiger partial charge in [-0.1, -0.05) is 20.3 Å². The molecule has 0 saturated carbocycles. The van der Waals surface area contributed by atoms with Gasteiger partial charge in [0.25, 0.3) is 0 Å². The minimum absolute atomic E-state index is 0. The van der Waals surface area contributed by atoms with Crippen molar-refractivity contribution in [1.82, 2.24) is 6.15 Å². The second-order valence-electron chi connectivity index (χ2n) is 4.66. The summed E-state index contributed by atoms with van der Waals surface area (Å²) >= 11 is 0. The molecule has 1 rings (SSSR count). The molecule has 1 fully saturated rings. The minimum atomic E-state index is -4.70. The first kappa shape index (κ1) is 16.8. The highest BCUT2D eigenvalue weighted by Gasteiger charge is 2.65. The largest absolute Gasteiger partial charge is 0.726 e. The quantitative estimate of drug-likeness (QED) is 0.449. The third kappa shape index (κ3) is 3.38. The van der Waals surface area contributed by atoms with Gasteiger partial charge in [-0.3, -0.25) is 4.18 Å². The number of ether oxygens (including phenoxy) is 1. The van der Waals surface area contributed by atoms with E-state index in [2.05, 4.69) is 4.18 Å². The highest BCUT2D eigenvalue weighted by Crippen LogP contribution is 2.52. The van der Waals surface area contributed by atoms with Crippen LogP contribution in [0.2, 0.25) is 0 Å². The van der Waals surface area contributed by atoms with Crippen LogP contribution in [0.5, 0.6) is 0 Å². The van der Waals surface area contributed by atoms with Gasteiger partial charge < -0.3 is 15.4 Å². The van der Waals surface area contributed by atoms with Gasteiger partial charge in [-0.25, -0.2) is 8.42 Å². The van der Waals surface area contributed by atoms with E-state index >= 15 is 0 Å². The van der Waals surface area contributed by atoms with Gasteiger partial charge in [0, 0.05) is 0 Å². The first-order valence-corrected chi connectivity index (χ1v) is 6.86. The lowest BCUT2D eigenvalue weighted by Gasteiger charge is -2.32. The van der Waals surface area contributed by atoms with Crippen molar-refractivity contribution in [3.8, 4) is 0 Å². The molecular weight excluding hydrogens is 246 g/mol. The SMILES string of the molecule is CCCC1(C(C)(C)OS(=O)(=O)[O-])OC1CC.[NH4+]. The average molecular weight is 269 g/mol. The predicted octanol–water partition coefficient (Wildman–Crippen LogP) is 1.97. The van der Waals surface area contributed by atoms with Crippen molar-refractivity contribution in [2.45, 2.75) is 64.3 Å². The van der Waals surface area contributed by atoms with Crippen molar-refractivity contribution >= 4 is 10.4 Å². The highest BCUT2D eigenvalue weighted by atomic mass is 32.3. The van der Waals surface area contributed by atoms with Gasteiger partial charge in [0.1, 0.15) is 11.2 Å². The van der Waals surface area contributed by atoms with E-state index in [-0.39, 0.29) is 12.3 Å². The molecule has 0 aromatic rings. The smallest absolute Gasteiger partial charge is 0.218 e. The second-order valence-corrected chi connectivity index (χ2v) is 5.64. The molecule has 2 atom stereocenters. The lowest BCUT2D eigenvalue weighted by atomic mass is 9.83. The maximum Gasteiger partial charge on any atom is 0.218 e. The fourth-order valence-corrected chi connectivity index (χ4v) is 3.03. The Bertz CT molecular complexity index is 354. The summed E-state index contributed by atoms with van der Waals surface area (Å²) in [7, 11) is -4.70. The van der Waals surface area contributed by atoms with Crippen LogP contribution >= 0.6 is 0 Å². The Morgan fingerprint density at radius 3 is 2.24 bits per heavy atom. The number of quaternary nitrogens is 1. The Labute approximate surface area is 103 Å². The molecule has 17 heavy (non-hydrogen) atoms. The average Bonchev–Trinajstić information content (AvgIpc) is 2.76. The lowest BCUT2D eigenvalue weighted by Crippen LogP contribution is -2.45. The summed E-state index contributed by atoms with van der Waals surface area (Å²) in [4.78, 5) is 0. The number of epoxide rings is 1. The summed E-state index contributed by atoms with van der Waals surface area (Å²) in [6.07, 6.45) is 2.30. The van der Waals surface area contributed by atoms with Crippen LogP contribution in [0.3, 0.4) is 0 Å². The van der Waals surface area contributed by atoms with Crippen LogP contribution in [0.15, 0.2) is 0 Å². The van der Waals surface area contributed by atoms with E-state index in [0.29, 0.717) is 6.42 Å². The van der Waals surface area contributed by atoms with Gasteiger partial charge in [-0.05, 0) is 26.7 Å². The minimum Gasteiger partial charge on any atom is -0.726 e. The van der Waals surface area contributed by atoms with E-state index in [0.717, 1.165) is 12.8 Å². The zero-order valence-corrected chi connectivity index (χ0v) is 12.0. The number of hydrogen-bond donors (Lipinski definition) is 1. The number of rotatable bonds is 6. The molecule has 7 heteroatoms. The Balaban J connectivity index is 0.00000256. The highest BCUT2D eigenvalue weighted by molar-refractivity contribution is 7.80. The van der Waals surface area contributed by atoms with Gasteiger partial charge in [-0.15, -0.1) is 0 Å².